The second kappa shape index (κ2) is 6.69. The van der Waals surface area contributed by atoms with Crippen LogP contribution in [0.25, 0.3) is 0 Å². The van der Waals surface area contributed by atoms with E-state index in [1.54, 1.807) is 12.1 Å². The summed E-state index contributed by atoms with van der Waals surface area (Å²) >= 11 is 2.02. The Hall–Kier alpha value is -1.56. The van der Waals surface area contributed by atoms with Crippen LogP contribution in [-0.4, -0.2) is 17.5 Å². The maximum absolute atomic E-state index is 13.3. The molecule has 1 atom stereocenters. The predicted octanol–water partition coefficient (Wildman–Crippen LogP) is 5.00. The van der Waals surface area contributed by atoms with E-state index < -0.39 is 18.0 Å². The third-order valence-electron chi connectivity index (χ3n) is 2.78. The number of halogens is 4. The molecule has 0 unspecified atom stereocenters. The zero-order valence-corrected chi connectivity index (χ0v) is 12.9. The molecular formula is C14H10F4N2S2. The first-order chi connectivity index (χ1) is 10.3. The standard InChI is InChI=1S/C14H10F4N2S2/c1-20(22-12-7-6-11(8-19)21-12)13(14(16,17)18)9-2-4-10(15)5-3-9/h2-7,13H,1H3/t13-/m0/s1. The molecule has 0 saturated heterocycles. The molecule has 0 fully saturated rings. The Balaban J connectivity index is 2.25. The second-order valence-corrected chi connectivity index (χ2v) is 6.90. The van der Waals surface area contributed by atoms with Crippen molar-refractivity contribution >= 4 is 23.3 Å². The number of nitriles is 1. The highest BCUT2D eigenvalue weighted by atomic mass is 32.2. The van der Waals surface area contributed by atoms with Crippen molar-refractivity contribution in [2.24, 2.45) is 0 Å². The topological polar surface area (TPSA) is 27.0 Å². The van der Waals surface area contributed by atoms with E-state index in [1.807, 2.05) is 6.07 Å². The van der Waals surface area contributed by atoms with Crippen molar-refractivity contribution in [1.29, 1.82) is 5.26 Å². The van der Waals surface area contributed by atoms with E-state index in [9.17, 15) is 17.6 Å². The van der Waals surface area contributed by atoms with Gasteiger partial charge in [-0.1, -0.05) is 12.1 Å². The van der Waals surface area contributed by atoms with Crippen LogP contribution in [0.2, 0.25) is 0 Å². The first kappa shape index (κ1) is 16.8. The van der Waals surface area contributed by atoms with Crippen LogP contribution in [0.5, 0.6) is 0 Å². The molecule has 0 amide bonds. The van der Waals surface area contributed by atoms with Gasteiger partial charge in [-0.3, -0.25) is 0 Å². The van der Waals surface area contributed by atoms with Crippen LogP contribution in [0.1, 0.15) is 16.5 Å². The van der Waals surface area contributed by atoms with E-state index in [4.69, 9.17) is 5.26 Å². The van der Waals surface area contributed by atoms with Crippen molar-refractivity contribution in [2.45, 2.75) is 16.4 Å². The van der Waals surface area contributed by atoms with Gasteiger partial charge in [-0.25, -0.2) is 8.70 Å². The van der Waals surface area contributed by atoms with E-state index >= 15 is 0 Å². The van der Waals surface area contributed by atoms with Gasteiger partial charge in [0.15, 0.2) is 0 Å². The molecule has 1 aromatic heterocycles. The summed E-state index contributed by atoms with van der Waals surface area (Å²) in [5, 5.41) is 8.75. The lowest BCUT2D eigenvalue weighted by atomic mass is 10.1. The molecular weight excluding hydrogens is 336 g/mol. The largest absolute Gasteiger partial charge is 0.408 e. The lowest BCUT2D eigenvalue weighted by molar-refractivity contribution is -0.169. The smallest absolute Gasteiger partial charge is 0.232 e. The van der Waals surface area contributed by atoms with Crippen molar-refractivity contribution in [1.82, 2.24) is 4.31 Å². The monoisotopic (exact) mass is 346 g/mol. The van der Waals surface area contributed by atoms with Crippen molar-refractivity contribution < 1.29 is 17.6 Å². The zero-order chi connectivity index (χ0) is 16.3. The predicted molar refractivity (Wildman–Crippen MR) is 77.9 cm³/mol. The number of hydrogen-bond acceptors (Lipinski definition) is 4. The van der Waals surface area contributed by atoms with Crippen LogP contribution in [0.3, 0.4) is 0 Å². The number of hydrogen-bond donors (Lipinski definition) is 0. The van der Waals surface area contributed by atoms with Gasteiger partial charge < -0.3 is 0 Å². The molecule has 8 heteroatoms. The van der Waals surface area contributed by atoms with Crippen LogP contribution in [-0.2, 0) is 0 Å². The van der Waals surface area contributed by atoms with E-state index in [-0.39, 0.29) is 5.56 Å². The SMILES string of the molecule is CN(Sc1ccc(C#N)s1)[C@@H](c1ccc(F)cc1)C(F)(F)F. The summed E-state index contributed by atoms with van der Waals surface area (Å²) in [6, 6.07) is 7.49. The Labute approximate surface area is 133 Å². The molecule has 0 spiro atoms. The van der Waals surface area contributed by atoms with Gasteiger partial charge in [0.2, 0.25) is 0 Å². The molecule has 2 nitrogen and oxygen atoms in total. The average molecular weight is 346 g/mol. The molecule has 22 heavy (non-hydrogen) atoms. The molecule has 116 valence electrons. The normalized spacial score (nSPS) is 13.1. The lowest BCUT2D eigenvalue weighted by Crippen LogP contribution is -2.31. The first-order valence-corrected chi connectivity index (χ1v) is 7.63. The number of thiophene rings is 1. The Morgan fingerprint density at radius 2 is 1.82 bits per heavy atom. The van der Waals surface area contributed by atoms with Crippen molar-refractivity contribution in [3.63, 3.8) is 0 Å². The Kier molecular flexibility index (Phi) is 5.11. The molecule has 0 bridgehead atoms. The minimum atomic E-state index is -4.51. The Morgan fingerprint density at radius 1 is 1.18 bits per heavy atom. The minimum absolute atomic E-state index is 0.0408. The maximum Gasteiger partial charge on any atom is 0.408 e. The summed E-state index contributed by atoms with van der Waals surface area (Å²) in [5.41, 5.74) is -0.0408. The summed E-state index contributed by atoms with van der Waals surface area (Å²) in [4.78, 5) is 0.432. The molecule has 0 aliphatic carbocycles. The molecule has 0 radical (unpaired) electrons. The molecule has 0 aliphatic heterocycles. The van der Waals surface area contributed by atoms with Crippen LogP contribution in [0.15, 0.2) is 40.6 Å². The summed E-state index contributed by atoms with van der Waals surface area (Å²) < 4.78 is 54.5. The van der Waals surface area contributed by atoms with E-state index in [0.29, 0.717) is 9.09 Å². The van der Waals surface area contributed by atoms with Gasteiger partial charge in [0.25, 0.3) is 0 Å². The quantitative estimate of drug-likeness (QED) is 0.576. The van der Waals surface area contributed by atoms with Gasteiger partial charge in [0.1, 0.15) is 22.8 Å². The summed E-state index contributed by atoms with van der Waals surface area (Å²) in [6.45, 7) is 0. The van der Waals surface area contributed by atoms with Crippen LogP contribution < -0.4 is 0 Å². The number of rotatable bonds is 4. The van der Waals surface area contributed by atoms with Gasteiger partial charge in [0.05, 0.1) is 4.21 Å². The lowest BCUT2D eigenvalue weighted by Gasteiger charge is -2.28. The highest BCUT2D eigenvalue weighted by Crippen LogP contribution is 2.42. The van der Waals surface area contributed by atoms with Crippen molar-refractivity contribution in [2.75, 3.05) is 7.05 Å². The van der Waals surface area contributed by atoms with Crippen molar-refractivity contribution in [3.8, 4) is 6.07 Å². The zero-order valence-electron chi connectivity index (χ0n) is 11.3. The van der Waals surface area contributed by atoms with Crippen LogP contribution in [0, 0.1) is 17.1 Å². The second-order valence-electron chi connectivity index (χ2n) is 4.36. The van der Waals surface area contributed by atoms with Crippen LogP contribution >= 0.6 is 23.3 Å². The van der Waals surface area contributed by atoms with Gasteiger partial charge in [0, 0.05) is 0 Å². The molecule has 1 heterocycles. The van der Waals surface area contributed by atoms with Crippen molar-refractivity contribution in [3.05, 3.63) is 52.7 Å². The number of alkyl halides is 3. The van der Waals surface area contributed by atoms with Gasteiger partial charge in [-0.05, 0) is 48.8 Å². The Morgan fingerprint density at radius 3 is 2.32 bits per heavy atom. The number of nitrogens with zero attached hydrogens (tertiary/aromatic N) is 2. The summed E-state index contributed by atoms with van der Waals surface area (Å²) in [7, 11) is 1.32. The fourth-order valence-corrected chi connectivity index (χ4v) is 3.94. The summed E-state index contributed by atoms with van der Waals surface area (Å²) in [6.07, 6.45) is -4.51. The molecule has 0 aliphatic rings. The van der Waals surface area contributed by atoms with Gasteiger partial charge in [-0.15, -0.1) is 11.3 Å². The maximum atomic E-state index is 13.3. The van der Waals surface area contributed by atoms with Gasteiger partial charge in [-0.2, -0.15) is 18.4 Å². The Bertz CT molecular complexity index is 673. The number of benzene rings is 1. The fraction of sp³-hybridized carbons (Fsp3) is 0.214. The molecule has 1 aromatic carbocycles. The van der Waals surface area contributed by atoms with Crippen LogP contribution in [0.4, 0.5) is 17.6 Å². The molecule has 2 aromatic rings. The van der Waals surface area contributed by atoms with E-state index in [2.05, 4.69) is 0 Å². The average Bonchev–Trinajstić information content (AvgIpc) is 2.87. The molecule has 0 saturated carbocycles. The first-order valence-electron chi connectivity index (χ1n) is 6.04. The third-order valence-corrected chi connectivity index (χ3v) is 4.86. The third kappa shape index (κ3) is 4.00. The van der Waals surface area contributed by atoms with E-state index in [0.717, 1.165) is 51.9 Å². The molecule has 2 rings (SSSR count). The highest BCUT2D eigenvalue weighted by molar-refractivity contribution is 7.98. The summed E-state index contributed by atoms with van der Waals surface area (Å²) in [5.74, 6) is -0.586. The highest BCUT2D eigenvalue weighted by Gasteiger charge is 2.44. The molecule has 0 N–H and O–H groups in total. The van der Waals surface area contributed by atoms with Gasteiger partial charge >= 0.3 is 6.18 Å². The van der Waals surface area contributed by atoms with E-state index in [1.165, 1.54) is 7.05 Å². The fourth-order valence-electron chi connectivity index (χ4n) is 1.87. The minimum Gasteiger partial charge on any atom is -0.232 e.